The van der Waals surface area contributed by atoms with Gasteiger partial charge in [0, 0.05) is 5.69 Å². The minimum absolute atomic E-state index is 0.00204. The highest BCUT2D eigenvalue weighted by Gasteiger charge is 2.54. The second-order valence-electron chi connectivity index (χ2n) is 8.60. The normalized spacial score (nSPS) is 19.7. The minimum atomic E-state index is -1.26. The second-order valence-corrected chi connectivity index (χ2v) is 8.60. The molecule has 180 valence electrons. The summed E-state index contributed by atoms with van der Waals surface area (Å²) >= 11 is 0. The molecule has 4 atom stereocenters. The van der Waals surface area contributed by atoms with Gasteiger partial charge in [-0.15, -0.1) is 0 Å². The van der Waals surface area contributed by atoms with Crippen LogP contribution in [0.5, 0.6) is 11.5 Å². The lowest BCUT2D eigenvalue weighted by atomic mass is 9.64. The van der Waals surface area contributed by atoms with Crippen molar-refractivity contribution in [3.8, 4) is 11.5 Å². The van der Waals surface area contributed by atoms with Crippen LogP contribution < -0.4 is 9.64 Å². The molecule has 1 saturated carbocycles. The molecular formula is C28H27NO6. The number of para-hydroxylation sites is 1. The highest BCUT2D eigenvalue weighted by Crippen LogP contribution is 2.44. The van der Waals surface area contributed by atoms with Gasteiger partial charge in [0.15, 0.2) is 0 Å². The maximum Gasteiger partial charge on any atom is 0.308 e. The van der Waals surface area contributed by atoms with Crippen molar-refractivity contribution >= 4 is 23.5 Å². The number of carboxylic acid groups (broad SMARTS) is 2. The Morgan fingerprint density at radius 1 is 0.829 bits per heavy atom. The molecule has 1 aliphatic rings. The summed E-state index contributed by atoms with van der Waals surface area (Å²) in [6.07, 6.45) is 0.590. The van der Waals surface area contributed by atoms with Crippen molar-refractivity contribution in [3.05, 3.63) is 90.5 Å². The monoisotopic (exact) mass is 473 g/mol. The first-order chi connectivity index (χ1) is 16.9. The topological polar surface area (TPSA) is 104 Å². The average Bonchev–Trinajstić information content (AvgIpc) is 2.83. The molecule has 3 unspecified atom stereocenters. The third-order valence-corrected chi connectivity index (χ3v) is 6.51. The number of carboxylic acids is 2. The fourth-order valence-corrected chi connectivity index (χ4v) is 4.69. The average molecular weight is 474 g/mol. The molecule has 1 amide bonds. The lowest BCUT2D eigenvalue weighted by Gasteiger charge is -2.43. The molecule has 3 aromatic carbocycles. The first kappa shape index (κ1) is 24.0. The Balaban J connectivity index is 1.67. The molecule has 0 aliphatic heterocycles. The van der Waals surface area contributed by atoms with Crippen LogP contribution in [-0.4, -0.2) is 28.1 Å². The van der Waals surface area contributed by atoms with Crippen LogP contribution in [0.4, 0.5) is 5.69 Å². The summed E-state index contributed by atoms with van der Waals surface area (Å²) < 4.78 is 5.87. The van der Waals surface area contributed by atoms with E-state index in [-0.39, 0.29) is 18.4 Å². The first-order valence-corrected chi connectivity index (χ1v) is 11.6. The van der Waals surface area contributed by atoms with E-state index in [1.165, 1.54) is 0 Å². The van der Waals surface area contributed by atoms with E-state index in [1.807, 2.05) is 67.6 Å². The van der Waals surface area contributed by atoms with Crippen LogP contribution in [0.1, 0.15) is 31.4 Å². The standard InChI is InChI=1S/C28H27NO6/c1-2-24(18-9-5-3-6-10-18)29(26(30)22-17-23(27(31)32)25(22)28(33)34)19-13-15-21(16-14-19)35-20-11-7-4-8-12-20/h3-16,22-25H,2,17H2,1H3,(H,31,32)(H,33,34)/t22?,23?,24-,25?/m1/s1. The Kier molecular flexibility index (Phi) is 7.15. The molecule has 1 aliphatic carbocycles. The van der Waals surface area contributed by atoms with Crippen molar-refractivity contribution in [2.45, 2.75) is 25.8 Å². The number of carbonyl (C=O) groups is 3. The number of hydrogen-bond donors (Lipinski definition) is 2. The van der Waals surface area contributed by atoms with Gasteiger partial charge in [-0.05, 0) is 54.8 Å². The summed E-state index contributed by atoms with van der Waals surface area (Å²) in [5.41, 5.74) is 1.50. The third-order valence-electron chi connectivity index (χ3n) is 6.51. The Bertz CT molecular complexity index is 1180. The quantitative estimate of drug-likeness (QED) is 0.432. The Morgan fingerprint density at radius 3 is 1.94 bits per heavy atom. The van der Waals surface area contributed by atoms with Gasteiger partial charge in [-0.3, -0.25) is 14.4 Å². The lowest BCUT2D eigenvalue weighted by Crippen LogP contribution is -2.54. The third kappa shape index (κ3) is 5.04. The van der Waals surface area contributed by atoms with Gasteiger partial charge in [-0.1, -0.05) is 55.5 Å². The molecule has 0 aromatic heterocycles. The van der Waals surface area contributed by atoms with Crippen LogP contribution in [0.2, 0.25) is 0 Å². The number of amides is 1. The number of benzene rings is 3. The van der Waals surface area contributed by atoms with Gasteiger partial charge in [0.05, 0.1) is 23.8 Å². The van der Waals surface area contributed by atoms with Crippen LogP contribution in [0, 0.1) is 17.8 Å². The van der Waals surface area contributed by atoms with Crippen molar-refractivity contribution in [2.24, 2.45) is 17.8 Å². The number of anilines is 1. The van der Waals surface area contributed by atoms with Gasteiger partial charge >= 0.3 is 11.9 Å². The van der Waals surface area contributed by atoms with E-state index in [2.05, 4.69) is 0 Å². The van der Waals surface area contributed by atoms with Crippen molar-refractivity contribution in [3.63, 3.8) is 0 Å². The van der Waals surface area contributed by atoms with E-state index < -0.39 is 29.7 Å². The van der Waals surface area contributed by atoms with E-state index in [4.69, 9.17) is 4.74 Å². The number of carbonyl (C=O) groups excluding carboxylic acids is 1. The fourth-order valence-electron chi connectivity index (χ4n) is 4.69. The van der Waals surface area contributed by atoms with Crippen LogP contribution in [-0.2, 0) is 14.4 Å². The molecule has 3 aromatic rings. The minimum Gasteiger partial charge on any atom is -0.481 e. The maximum absolute atomic E-state index is 13.8. The van der Waals surface area contributed by atoms with E-state index in [9.17, 15) is 24.6 Å². The number of aliphatic carboxylic acids is 2. The van der Waals surface area contributed by atoms with Crippen molar-refractivity contribution in [2.75, 3.05) is 4.90 Å². The van der Waals surface area contributed by atoms with Gasteiger partial charge < -0.3 is 19.8 Å². The number of hydrogen-bond acceptors (Lipinski definition) is 4. The van der Waals surface area contributed by atoms with Crippen LogP contribution in [0.3, 0.4) is 0 Å². The molecule has 1 fully saturated rings. The highest BCUT2D eigenvalue weighted by atomic mass is 16.5. The van der Waals surface area contributed by atoms with Crippen molar-refractivity contribution < 1.29 is 29.3 Å². The zero-order valence-corrected chi connectivity index (χ0v) is 19.3. The molecule has 0 radical (unpaired) electrons. The van der Waals surface area contributed by atoms with Gasteiger partial charge in [-0.2, -0.15) is 0 Å². The molecule has 35 heavy (non-hydrogen) atoms. The molecule has 0 heterocycles. The molecule has 7 heteroatoms. The van der Waals surface area contributed by atoms with Gasteiger partial charge in [0.1, 0.15) is 11.5 Å². The van der Waals surface area contributed by atoms with Crippen LogP contribution in [0.15, 0.2) is 84.9 Å². The van der Waals surface area contributed by atoms with E-state index in [0.29, 0.717) is 23.6 Å². The van der Waals surface area contributed by atoms with Gasteiger partial charge in [-0.25, -0.2) is 0 Å². The predicted molar refractivity (Wildman–Crippen MR) is 130 cm³/mol. The maximum atomic E-state index is 13.8. The molecule has 2 N–H and O–H groups in total. The summed E-state index contributed by atoms with van der Waals surface area (Å²) in [6.45, 7) is 1.96. The Hall–Kier alpha value is -4.13. The summed E-state index contributed by atoms with van der Waals surface area (Å²) in [6, 6.07) is 25.6. The van der Waals surface area contributed by atoms with E-state index in [1.54, 1.807) is 29.2 Å². The summed E-state index contributed by atoms with van der Waals surface area (Å²) in [5.74, 6) is -4.79. The largest absolute Gasteiger partial charge is 0.481 e. The second kappa shape index (κ2) is 10.4. The van der Waals surface area contributed by atoms with E-state index in [0.717, 1.165) is 5.56 Å². The van der Waals surface area contributed by atoms with E-state index >= 15 is 0 Å². The zero-order valence-electron chi connectivity index (χ0n) is 19.3. The molecule has 0 saturated heterocycles. The number of ether oxygens (including phenoxy) is 1. The van der Waals surface area contributed by atoms with Gasteiger partial charge in [0.2, 0.25) is 5.91 Å². The fraction of sp³-hybridized carbons (Fsp3) is 0.250. The number of rotatable bonds is 9. The molecule has 7 nitrogen and oxygen atoms in total. The Labute approximate surface area is 203 Å². The lowest BCUT2D eigenvalue weighted by molar-refractivity contribution is -0.168. The van der Waals surface area contributed by atoms with Crippen LogP contribution in [0.25, 0.3) is 0 Å². The predicted octanol–water partition coefficient (Wildman–Crippen LogP) is 5.38. The summed E-state index contributed by atoms with van der Waals surface area (Å²) in [5, 5.41) is 19.1. The Morgan fingerprint density at radius 2 is 1.40 bits per heavy atom. The molecule has 4 rings (SSSR count). The van der Waals surface area contributed by atoms with Crippen molar-refractivity contribution in [1.29, 1.82) is 0 Å². The summed E-state index contributed by atoms with van der Waals surface area (Å²) in [4.78, 5) is 38.8. The van der Waals surface area contributed by atoms with Gasteiger partial charge in [0.25, 0.3) is 0 Å². The SMILES string of the molecule is CC[C@H](c1ccccc1)N(C(=O)C1CC(C(=O)O)C1C(=O)O)c1ccc(Oc2ccccc2)cc1. The summed E-state index contributed by atoms with van der Waals surface area (Å²) in [7, 11) is 0. The number of nitrogens with zero attached hydrogens (tertiary/aromatic N) is 1. The van der Waals surface area contributed by atoms with Crippen molar-refractivity contribution in [1.82, 2.24) is 0 Å². The molecule has 0 bridgehead atoms. The smallest absolute Gasteiger partial charge is 0.308 e. The molecular weight excluding hydrogens is 446 g/mol. The first-order valence-electron chi connectivity index (χ1n) is 11.6. The zero-order chi connectivity index (χ0) is 24.9. The molecule has 0 spiro atoms. The van der Waals surface area contributed by atoms with Crippen LogP contribution >= 0.6 is 0 Å². The highest BCUT2D eigenvalue weighted by molar-refractivity contribution is 6.00.